The lowest BCUT2D eigenvalue weighted by molar-refractivity contribution is -0.130. The van der Waals surface area contributed by atoms with Crippen molar-refractivity contribution in [3.8, 4) is 17.2 Å². The summed E-state index contributed by atoms with van der Waals surface area (Å²) >= 11 is 0. The van der Waals surface area contributed by atoms with Crippen LogP contribution in [0.5, 0.6) is 17.2 Å². The Kier molecular flexibility index (Phi) is 7.58. The van der Waals surface area contributed by atoms with E-state index in [2.05, 4.69) is 16.3 Å². The third-order valence-corrected chi connectivity index (χ3v) is 4.94. The standard InChI is InChI=1S/C22H29N3O4/c1-27-18-7-9-19(10-8-18)29-16-11-23-17-22(26)25-14-12-24(13-15-25)20-5-3-4-6-21(20)28-2/h3-10,23H,11-17H2,1-2H3. The highest BCUT2D eigenvalue weighted by Crippen LogP contribution is 2.28. The Morgan fingerprint density at radius 3 is 2.31 bits per heavy atom. The molecule has 1 amide bonds. The van der Waals surface area contributed by atoms with Crippen LogP contribution < -0.4 is 24.4 Å². The zero-order valence-corrected chi connectivity index (χ0v) is 17.1. The number of amides is 1. The second-order valence-electron chi connectivity index (χ2n) is 6.74. The molecular formula is C22H29N3O4. The average molecular weight is 399 g/mol. The minimum Gasteiger partial charge on any atom is -0.497 e. The highest BCUT2D eigenvalue weighted by Gasteiger charge is 2.22. The highest BCUT2D eigenvalue weighted by atomic mass is 16.5. The molecular weight excluding hydrogens is 370 g/mol. The second kappa shape index (κ2) is 10.6. The summed E-state index contributed by atoms with van der Waals surface area (Å²) in [5.41, 5.74) is 1.08. The molecule has 0 bridgehead atoms. The molecule has 1 heterocycles. The first kappa shape index (κ1) is 20.8. The summed E-state index contributed by atoms with van der Waals surface area (Å²) in [5.74, 6) is 2.57. The van der Waals surface area contributed by atoms with Crippen LogP contribution in [0.4, 0.5) is 5.69 Å². The van der Waals surface area contributed by atoms with Gasteiger partial charge in [-0.1, -0.05) is 12.1 Å². The molecule has 0 spiro atoms. The van der Waals surface area contributed by atoms with Crippen molar-refractivity contribution < 1.29 is 19.0 Å². The summed E-state index contributed by atoms with van der Waals surface area (Å²) in [4.78, 5) is 16.6. The number of nitrogens with zero attached hydrogens (tertiary/aromatic N) is 2. The lowest BCUT2D eigenvalue weighted by Gasteiger charge is -2.36. The highest BCUT2D eigenvalue weighted by molar-refractivity contribution is 5.78. The number of hydrogen-bond donors (Lipinski definition) is 1. The molecule has 7 heteroatoms. The van der Waals surface area contributed by atoms with Gasteiger partial charge in [0.25, 0.3) is 0 Å². The molecule has 29 heavy (non-hydrogen) atoms. The first-order valence-electron chi connectivity index (χ1n) is 9.84. The van der Waals surface area contributed by atoms with E-state index >= 15 is 0 Å². The number of anilines is 1. The zero-order valence-electron chi connectivity index (χ0n) is 17.1. The number of carbonyl (C=O) groups excluding carboxylic acids is 1. The molecule has 0 radical (unpaired) electrons. The Balaban J connectivity index is 1.34. The number of ether oxygens (including phenoxy) is 3. The van der Waals surface area contributed by atoms with E-state index in [1.165, 1.54) is 0 Å². The lowest BCUT2D eigenvalue weighted by atomic mass is 10.2. The molecule has 0 atom stereocenters. The van der Waals surface area contributed by atoms with Crippen LogP contribution >= 0.6 is 0 Å². The molecule has 0 saturated carbocycles. The van der Waals surface area contributed by atoms with Crippen molar-refractivity contribution >= 4 is 11.6 Å². The van der Waals surface area contributed by atoms with Crippen molar-refractivity contribution in [3.63, 3.8) is 0 Å². The third kappa shape index (κ3) is 5.77. The van der Waals surface area contributed by atoms with Gasteiger partial charge >= 0.3 is 0 Å². The van der Waals surface area contributed by atoms with Gasteiger partial charge in [0.15, 0.2) is 0 Å². The predicted molar refractivity (Wildman–Crippen MR) is 113 cm³/mol. The van der Waals surface area contributed by atoms with Crippen molar-refractivity contribution in [2.24, 2.45) is 0 Å². The average Bonchev–Trinajstić information content (AvgIpc) is 2.79. The molecule has 0 unspecified atom stereocenters. The summed E-state index contributed by atoms with van der Waals surface area (Å²) in [6.45, 7) is 4.45. The van der Waals surface area contributed by atoms with Gasteiger partial charge in [-0.2, -0.15) is 0 Å². The summed E-state index contributed by atoms with van der Waals surface area (Å²) in [7, 11) is 3.32. The van der Waals surface area contributed by atoms with E-state index in [0.29, 0.717) is 32.8 Å². The number of hydrogen-bond acceptors (Lipinski definition) is 6. The maximum atomic E-state index is 12.4. The van der Waals surface area contributed by atoms with Crippen LogP contribution in [0, 0.1) is 0 Å². The van der Waals surface area contributed by atoms with E-state index in [0.717, 1.165) is 36.0 Å². The fraction of sp³-hybridized carbons (Fsp3) is 0.409. The number of carbonyl (C=O) groups is 1. The van der Waals surface area contributed by atoms with Crippen LogP contribution in [-0.2, 0) is 4.79 Å². The van der Waals surface area contributed by atoms with E-state index in [1.807, 2.05) is 47.4 Å². The lowest BCUT2D eigenvalue weighted by Crippen LogP contribution is -2.51. The number of para-hydroxylation sites is 2. The first-order valence-corrected chi connectivity index (χ1v) is 9.84. The molecule has 1 fully saturated rings. The van der Waals surface area contributed by atoms with Gasteiger partial charge < -0.3 is 29.3 Å². The summed E-state index contributed by atoms with van der Waals surface area (Å²) in [5, 5.41) is 3.16. The predicted octanol–water partition coefficient (Wildman–Crippen LogP) is 2.02. The van der Waals surface area contributed by atoms with Crippen LogP contribution in [0.2, 0.25) is 0 Å². The molecule has 1 N–H and O–H groups in total. The van der Waals surface area contributed by atoms with E-state index in [4.69, 9.17) is 14.2 Å². The van der Waals surface area contributed by atoms with Gasteiger partial charge in [-0.3, -0.25) is 4.79 Å². The van der Waals surface area contributed by atoms with Gasteiger partial charge in [0.05, 0.1) is 26.5 Å². The minimum atomic E-state index is 0.120. The molecule has 2 aromatic carbocycles. The van der Waals surface area contributed by atoms with Gasteiger partial charge in [0.1, 0.15) is 23.9 Å². The normalized spacial score (nSPS) is 13.9. The molecule has 2 aromatic rings. The van der Waals surface area contributed by atoms with Crippen molar-refractivity contribution in [3.05, 3.63) is 48.5 Å². The monoisotopic (exact) mass is 399 g/mol. The molecule has 1 saturated heterocycles. The van der Waals surface area contributed by atoms with E-state index in [9.17, 15) is 4.79 Å². The number of methoxy groups -OCH3 is 2. The van der Waals surface area contributed by atoms with Crippen LogP contribution in [0.15, 0.2) is 48.5 Å². The van der Waals surface area contributed by atoms with Gasteiger partial charge in [0.2, 0.25) is 5.91 Å². The Bertz CT molecular complexity index is 774. The second-order valence-corrected chi connectivity index (χ2v) is 6.74. The number of rotatable bonds is 9. The maximum Gasteiger partial charge on any atom is 0.236 e. The molecule has 156 valence electrons. The molecule has 0 aromatic heterocycles. The Hall–Kier alpha value is -2.93. The van der Waals surface area contributed by atoms with Crippen molar-refractivity contribution in [1.82, 2.24) is 10.2 Å². The molecule has 1 aliphatic rings. The maximum absolute atomic E-state index is 12.4. The SMILES string of the molecule is COc1ccc(OCCNCC(=O)N2CCN(c3ccccc3OC)CC2)cc1. The van der Waals surface area contributed by atoms with Crippen molar-refractivity contribution in [2.75, 3.05) is 65.0 Å². The summed E-state index contributed by atoms with van der Waals surface area (Å²) in [6.07, 6.45) is 0. The minimum absolute atomic E-state index is 0.120. The summed E-state index contributed by atoms with van der Waals surface area (Å²) < 4.78 is 16.2. The van der Waals surface area contributed by atoms with E-state index in [-0.39, 0.29) is 5.91 Å². The van der Waals surface area contributed by atoms with Gasteiger partial charge in [0, 0.05) is 32.7 Å². The topological polar surface area (TPSA) is 63.3 Å². The van der Waals surface area contributed by atoms with Gasteiger partial charge in [-0.25, -0.2) is 0 Å². The van der Waals surface area contributed by atoms with Crippen LogP contribution in [0.3, 0.4) is 0 Å². The molecule has 0 aliphatic carbocycles. The van der Waals surface area contributed by atoms with E-state index in [1.54, 1.807) is 14.2 Å². The fourth-order valence-corrected chi connectivity index (χ4v) is 3.31. The van der Waals surface area contributed by atoms with Crippen molar-refractivity contribution in [2.45, 2.75) is 0 Å². The van der Waals surface area contributed by atoms with Gasteiger partial charge in [-0.05, 0) is 36.4 Å². The quantitative estimate of drug-likeness (QED) is 0.651. The summed E-state index contributed by atoms with van der Waals surface area (Å²) in [6, 6.07) is 15.4. The molecule has 7 nitrogen and oxygen atoms in total. The zero-order chi connectivity index (χ0) is 20.5. The Morgan fingerprint density at radius 2 is 1.62 bits per heavy atom. The first-order chi connectivity index (χ1) is 14.2. The molecule has 1 aliphatic heterocycles. The molecule has 3 rings (SSSR count). The smallest absolute Gasteiger partial charge is 0.236 e. The number of nitrogens with one attached hydrogen (secondary N) is 1. The third-order valence-electron chi connectivity index (χ3n) is 4.94. The fourth-order valence-electron chi connectivity index (χ4n) is 3.31. The van der Waals surface area contributed by atoms with Crippen molar-refractivity contribution in [1.29, 1.82) is 0 Å². The number of benzene rings is 2. The Morgan fingerprint density at radius 1 is 0.931 bits per heavy atom. The number of piperazine rings is 1. The van der Waals surface area contributed by atoms with Crippen LogP contribution in [0.25, 0.3) is 0 Å². The van der Waals surface area contributed by atoms with E-state index < -0.39 is 0 Å². The van der Waals surface area contributed by atoms with Gasteiger partial charge in [-0.15, -0.1) is 0 Å². The Labute approximate surface area is 172 Å². The van der Waals surface area contributed by atoms with Crippen LogP contribution in [-0.4, -0.2) is 70.9 Å². The van der Waals surface area contributed by atoms with Crippen LogP contribution in [0.1, 0.15) is 0 Å². The largest absolute Gasteiger partial charge is 0.497 e.